The van der Waals surface area contributed by atoms with Crippen molar-refractivity contribution in [3.8, 4) is 0 Å². The average molecular weight is 235 g/mol. The van der Waals surface area contributed by atoms with E-state index in [0.717, 1.165) is 12.8 Å². The quantitative estimate of drug-likeness (QED) is 0.560. The van der Waals surface area contributed by atoms with Crippen LogP contribution in [0.3, 0.4) is 0 Å². The van der Waals surface area contributed by atoms with Gasteiger partial charge in [0.2, 0.25) is 0 Å². The standard InChI is InChI=1S/C14H21NO2/c1-5-10-15-12(7-6-11(2)3)8-9-13(15)14(16)17-4/h5,8-9,11H,1,6-7,10H2,2-4H3. The van der Waals surface area contributed by atoms with Crippen LogP contribution in [-0.2, 0) is 17.7 Å². The third-order valence-electron chi connectivity index (χ3n) is 2.76. The fourth-order valence-electron chi connectivity index (χ4n) is 1.79. The predicted octanol–water partition coefficient (Wildman–Crippen LogP) is 3.05. The molecule has 0 saturated carbocycles. The van der Waals surface area contributed by atoms with E-state index < -0.39 is 0 Å². The Morgan fingerprint density at radius 1 is 1.53 bits per heavy atom. The summed E-state index contributed by atoms with van der Waals surface area (Å²) in [7, 11) is 1.40. The summed E-state index contributed by atoms with van der Waals surface area (Å²) in [5.74, 6) is 0.367. The highest BCUT2D eigenvalue weighted by Crippen LogP contribution is 2.15. The number of carbonyl (C=O) groups excluding carboxylic acids is 1. The second-order valence-corrected chi connectivity index (χ2v) is 4.53. The maximum Gasteiger partial charge on any atom is 0.354 e. The van der Waals surface area contributed by atoms with Gasteiger partial charge in [-0.3, -0.25) is 0 Å². The van der Waals surface area contributed by atoms with Crippen molar-refractivity contribution in [3.05, 3.63) is 36.2 Å². The minimum atomic E-state index is -0.289. The molecule has 0 saturated heterocycles. The van der Waals surface area contributed by atoms with Crippen LogP contribution in [0.4, 0.5) is 0 Å². The molecule has 0 aliphatic carbocycles. The lowest BCUT2D eigenvalue weighted by Gasteiger charge is -2.11. The summed E-state index contributed by atoms with van der Waals surface area (Å²) in [6.45, 7) is 8.76. The van der Waals surface area contributed by atoms with Crippen LogP contribution in [0, 0.1) is 5.92 Å². The van der Waals surface area contributed by atoms with Crippen LogP contribution < -0.4 is 0 Å². The second kappa shape index (κ2) is 6.28. The molecule has 0 bridgehead atoms. The summed E-state index contributed by atoms with van der Waals surface area (Å²) in [6, 6.07) is 3.82. The van der Waals surface area contributed by atoms with Crippen molar-refractivity contribution in [1.29, 1.82) is 0 Å². The van der Waals surface area contributed by atoms with E-state index in [2.05, 4.69) is 20.4 Å². The summed E-state index contributed by atoms with van der Waals surface area (Å²) >= 11 is 0. The van der Waals surface area contributed by atoms with Crippen LogP contribution in [0.15, 0.2) is 24.8 Å². The molecule has 0 spiro atoms. The van der Waals surface area contributed by atoms with Crippen LogP contribution in [0.1, 0.15) is 36.5 Å². The third kappa shape index (κ3) is 3.48. The molecular formula is C14H21NO2. The van der Waals surface area contributed by atoms with Crippen molar-refractivity contribution < 1.29 is 9.53 Å². The van der Waals surface area contributed by atoms with Crippen LogP contribution in [0.25, 0.3) is 0 Å². The maximum absolute atomic E-state index is 11.6. The zero-order valence-electron chi connectivity index (χ0n) is 10.9. The Morgan fingerprint density at radius 3 is 2.76 bits per heavy atom. The highest BCUT2D eigenvalue weighted by Gasteiger charge is 2.14. The van der Waals surface area contributed by atoms with Gasteiger partial charge in [-0.1, -0.05) is 19.9 Å². The van der Waals surface area contributed by atoms with Gasteiger partial charge in [0.15, 0.2) is 0 Å². The van der Waals surface area contributed by atoms with Crippen LogP contribution in [0.2, 0.25) is 0 Å². The molecule has 0 radical (unpaired) electrons. The first-order valence-electron chi connectivity index (χ1n) is 5.97. The van der Waals surface area contributed by atoms with E-state index in [0.29, 0.717) is 18.2 Å². The van der Waals surface area contributed by atoms with Gasteiger partial charge in [0.1, 0.15) is 5.69 Å². The van der Waals surface area contributed by atoms with Crippen LogP contribution in [0.5, 0.6) is 0 Å². The normalized spacial score (nSPS) is 10.6. The van der Waals surface area contributed by atoms with Gasteiger partial charge in [-0.15, -0.1) is 6.58 Å². The van der Waals surface area contributed by atoms with Gasteiger partial charge in [-0.25, -0.2) is 4.79 Å². The molecule has 17 heavy (non-hydrogen) atoms. The van der Waals surface area contributed by atoms with E-state index >= 15 is 0 Å². The monoisotopic (exact) mass is 235 g/mol. The van der Waals surface area contributed by atoms with Crippen molar-refractivity contribution in [3.63, 3.8) is 0 Å². The van der Waals surface area contributed by atoms with Crippen LogP contribution >= 0.6 is 0 Å². The second-order valence-electron chi connectivity index (χ2n) is 4.53. The molecule has 0 amide bonds. The van der Waals surface area contributed by atoms with Gasteiger partial charge in [0, 0.05) is 12.2 Å². The number of hydrogen-bond acceptors (Lipinski definition) is 2. The first-order valence-corrected chi connectivity index (χ1v) is 5.97. The van der Waals surface area contributed by atoms with E-state index in [1.54, 1.807) is 6.08 Å². The Morgan fingerprint density at radius 2 is 2.24 bits per heavy atom. The number of hydrogen-bond donors (Lipinski definition) is 0. The number of aromatic nitrogens is 1. The molecular weight excluding hydrogens is 214 g/mol. The number of carbonyl (C=O) groups is 1. The smallest absolute Gasteiger partial charge is 0.354 e. The third-order valence-corrected chi connectivity index (χ3v) is 2.76. The number of ether oxygens (including phenoxy) is 1. The zero-order valence-corrected chi connectivity index (χ0v) is 10.9. The summed E-state index contributed by atoms with van der Waals surface area (Å²) < 4.78 is 6.74. The largest absolute Gasteiger partial charge is 0.464 e. The minimum Gasteiger partial charge on any atom is -0.464 e. The Kier molecular flexibility index (Phi) is 5.01. The number of esters is 1. The molecule has 0 fully saturated rings. The summed E-state index contributed by atoms with van der Waals surface area (Å²) in [4.78, 5) is 11.6. The van der Waals surface area contributed by atoms with Crippen molar-refractivity contribution in [1.82, 2.24) is 4.57 Å². The fraction of sp³-hybridized carbons (Fsp3) is 0.500. The molecule has 3 nitrogen and oxygen atoms in total. The van der Waals surface area contributed by atoms with E-state index in [4.69, 9.17) is 4.74 Å². The first kappa shape index (κ1) is 13.6. The Bertz CT molecular complexity index is 391. The number of rotatable bonds is 6. The summed E-state index contributed by atoms with van der Waals surface area (Å²) in [5, 5.41) is 0. The lowest BCUT2D eigenvalue weighted by molar-refractivity contribution is 0.0588. The van der Waals surface area contributed by atoms with E-state index in [1.165, 1.54) is 12.8 Å². The predicted molar refractivity (Wildman–Crippen MR) is 69.1 cm³/mol. The minimum absolute atomic E-state index is 0.289. The molecule has 0 atom stereocenters. The number of methoxy groups -OCH3 is 1. The van der Waals surface area contributed by atoms with Crippen LogP contribution in [-0.4, -0.2) is 17.6 Å². The molecule has 0 N–H and O–H groups in total. The Balaban J connectivity index is 2.93. The van der Waals surface area contributed by atoms with Gasteiger partial charge < -0.3 is 9.30 Å². The first-order chi connectivity index (χ1) is 8.10. The SMILES string of the molecule is C=CCn1c(CCC(C)C)ccc1C(=O)OC. The lowest BCUT2D eigenvalue weighted by Crippen LogP contribution is -2.12. The molecule has 0 unspecified atom stereocenters. The fourth-order valence-corrected chi connectivity index (χ4v) is 1.79. The van der Waals surface area contributed by atoms with Gasteiger partial charge in [-0.2, -0.15) is 0 Å². The van der Waals surface area contributed by atoms with Crippen molar-refractivity contribution in [2.45, 2.75) is 33.2 Å². The molecule has 1 rings (SSSR count). The topological polar surface area (TPSA) is 31.2 Å². The molecule has 0 aliphatic heterocycles. The zero-order chi connectivity index (χ0) is 12.8. The number of allylic oxidation sites excluding steroid dienone is 1. The molecule has 1 aromatic heterocycles. The van der Waals surface area contributed by atoms with Gasteiger partial charge in [0.05, 0.1) is 7.11 Å². The van der Waals surface area contributed by atoms with Crippen molar-refractivity contribution in [2.24, 2.45) is 5.92 Å². The molecule has 0 aliphatic rings. The number of aryl methyl sites for hydroxylation is 1. The molecule has 1 heterocycles. The summed E-state index contributed by atoms with van der Waals surface area (Å²) in [5.41, 5.74) is 1.77. The maximum atomic E-state index is 11.6. The van der Waals surface area contributed by atoms with Crippen molar-refractivity contribution in [2.75, 3.05) is 7.11 Å². The lowest BCUT2D eigenvalue weighted by atomic mass is 10.1. The number of nitrogens with zero attached hydrogens (tertiary/aromatic N) is 1. The molecule has 3 heteroatoms. The van der Waals surface area contributed by atoms with Gasteiger partial charge in [-0.05, 0) is 30.9 Å². The highest BCUT2D eigenvalue weighted by atomic mass is 16.5. The molecule has 94 valence electrons. The van der Waals surface area contributed by atoms with E-state index in [-0.39, 0.29) is 5.97 Å². The molecule has 0 aromatic carbocycles. The average Bonchev–Trinajstić information content (AvgIpc) is 2.69. The van der Waals surface area contributed by atoms with E-state index in [1.807, 2.05) is 16.7 Å². The molecule has 1 aromatic rings. The van der Waals surface area contributed by atoms with Gasteiger partial charge in [0.25, 0.3) is 0 Å². The summed E-state index contributed by atoms with van der Waals surface area (Å²) in [6.07, 6.45) is 3.88. The Labute approximate surface area is 103 Å². The van der Waals surface area contributed by atoms with Gasteiger partial charge >= 0.3 is 5.97 Å². The van der Waals surface area contributed by atoms with Crippen molar-refractivity contribution >= 4 is 5.97 Å². The van der Waals surface area contributed by atoms with E-state index in [9.17, 15) is 4.79 Å². The Hall–Kier alpha value is -1.51. The highest BCUT2D eigenvalue weighted by molar-refractivity contribution is 5.87.